The number of benzene rings is 1. The molecule has 0 saturated carbocycles. The van der Waals surface area contributed by atoms with Crippen molar-refractivity contribution in [1.82, 2.24) is 4.98 Å². The van der Waals surface area contributed by atoms with E-state index in [1.54, 1.807) is 0 Å². The summed E-state index contributed by atoms with van der Waals surface area (Å²) in [6.45, 7) is 1.96. The van der Waals surface area contributed by atoms with Gasteiger partial charge >= 0.3 is 0 Å². The maximum atomic E-state index is 5.72. The SMILES string of the molecule is Cc1nccc2c1oc1ccccc12. The molecule has 2 aromatic heterocycles. The van der Waals surface area contributed by atoms with Crippen LogP contribution >= 0.6 is 0 Å². The van der Waals surface area contributed by atoms with Gasteiger partial charge in [0.1, 0.15) is 5.58 Å². The van der Waals surface area contributed by atoms with Gasteiger partial charge in [0.05, 0.1) is 5.69 Å². The van der Waals surface area contributed by atoms with Crippen molar-refractivity contribution >= 4 is 21.9 Å². The molecule has 2 heterocycles. The van der Waals surface area contributed by atoms with Crippen LogP contribution in [0.25, 0.3) is 21.9 Å². The number of fused-ring (bicyclic) bond motifs is 3. The van der Waals surface area contributed by atoms with Crippen molar-refractivity contribution < 1.29 is 4.42 Å². The normalized spacial score (nSPS) is 11.2. The molecule has 1 aromatic carbocycles. The average molecular weight is 183 g/mol. The van der Waals surface area contributed by atoms with Crippen LogP contribution in [0.5, 0.6) is 0 Å². The molecular weight excluding hydrogens is 174 g/mol. The summed E-state index contributed by atoms with van der Waals surface area (Å²) in [6.07, 6.45) is 1.82. The first-order chi connectivity index (χ1) is 6.86. The minimum absolute atomic E-state index is 0.897. The molecule has 0 amide bonds. The highest BCUT2D eigenvalue weighted by molar-refractivity contribution is 6.05. The summed E-state index contributed by atoms with van der Waals surface area (Å²) >= 11 is 0. The topological polar surface area (TPSA) is 26.0 Å². The van der Waals surface area contributed by atoms with Crippen molar-refractivity contribution in [3.63, 3.8) is 0 Å². The fourth-order valence-corrected chi connectivity index (χ4v) is 1.78. The number of nitrogens with zero attached hydrogens (tertiary/aromatic N) is 1. The van der Waals surface area contributed by atoms with Gasteiger partial charge in [-0.05, 0) is 19.1 Å². The summed E-state index contributed by atoms with van der Waals surface area (Å²) in [4.78, 5) is 4.21. The molecule has 0 atom stereocenters. The lowest BCUT2D eigenvalue weighted by Gasteiger charge is -1.90. The van der Waals surface area contributed by atoms with E-state index in [2.05, 4.69) is 11.1 Å². The zero-order valence-electron chi connectivity index (χ0n) is 7.82. The molecule has 2 heteroatoms. The minimum Gasteiger partial charge on any atom is -0.454 e. The van der Waals surface area contributed by atoms with Crippen molar-refractivity contribution in [3.8, 4) is 0 Å². The predicted octanol–water partition coefficient (Wildman–Crippen LogP) is 3.29. The Kier molecular flexibility index (Phi) is 1.39. The lowest BCUT2D eigenvalue weighted by molar-refractivity contribution is 0.663. The zero-order valence-corrected chi connectivity index (χ0v) is 7.82. The van der Waals surface area contributed by atoms with Gasteiger partial charge in [-0.15, -0.1) is 0 Å². The minimum atomic E-state index is 0.897. The molecule has 0 spiro atoms. The number of para-hydroxylation sites is 1. The first-order valence-electron chi connectivity index (χ1n) is 4.59. The third-order valence-corrected chi connectivity index (χ3v) is 2.47. The number of aryl methyl sites for hydroxylation is 1. The largest absolute Gasteiger partial charge is 0.454 e. The van der Waals surface area contributed by atoms with E-state index in [9.17, 15) is 0 Å². The van der Waals surface area contributed by atoms with E-state index in [1.165, 1.54) is 0 Å². The molecule has 0 fully saturated rings. The molecule has 2 nitrogen and oxygen atoms in total. The molecule has 0 aliphatic heterocycles. The van der Waals surface area contributed by atoms with Gasteiger partial charge in [0, 0.05) is 17.0 Å². The molecule has 0 unspecified atom stereocenters. The highest BCUT2D eigenvalue weighted by Crippen LogP contribution is 2.28. The number of hydrogen-bond donors (Lipinski definition) is 0. The number of furan rings is 1. The van der Waals surface area contributed by atoms with Gasteiger partial charge in [-0.1, -0.05) is 18.2 Å². The Bertz CT molecular complexity index is 610. The van der Waals surface area contributed by atoms with E-state index in [4.69, 9.17) is 4.42 Å². The van der Waals surface area contributed by atoms with Gasteiger partial charge < -0.3 is 4.42 Å². The van der Waals surface area contributed by atoms with Crippen LogP contribution in [-0.4, -0.2) is 4.98 Å². The van der Waals surface area contributed by atoms with Crippen molar-refractivity contribution in [1.29, 1.82) is 0 Å². The first-order valence-corrected chi connectivity index (χ1v) is 4.59. The Balaban J connectivity index is 2.63. The van der Waals surface area contributed by atoms with Gasteiger partial charge in [0.2, 0.25) is 0 Å². The molecule has 0 aliphatic carbocycles. The van der Waals surface area contributed by atoms with Crippen LogP contribution in [0, 0.1) is 6.92 Å². The van der Waals surface area contributed by atoms with Crippen LogP contribution in [-0.2, 0) is 0 Å². The lowest BCUT2D eigenvalue weighted by Crippen LogP contribution is -1.77. The van der Waals surface area contributed by atoms with Gasteiger partial charge in [-0.3, -0.25) is 4.98 Å². The van der Waals surface area contributed by atoms with Gasteiger partial charge in [-0.2, -0.15) is 0 Å². The van der Waals surface area contributed by atoms with Crippen molar-refractivity contribution in [2.24, 2.45) is 0 Å². The van der Waals surface area contributed by atoms with Crippen molar-refractivity contribution in [2.45, 2.75) is 6.92 Å². The molecule has 0 saturated heterocycles. The van der Waals surface area contributed by atoms with E-state index in [-0.39, 0.29) is 0 Å². The summed E-state index contributed by atoms with van der Waals surface area (Å²) in [5.74, 6) is 0. The number of aromatic nitrogens is 1. The van der Waals surface area contributed by atoms with Crippen LogP contribution in [0.4, 0.5) is 0 Å². The molecule has 0 N–H and O–H groups in total. The molecule has 14 heavy (non-hydrogen) atoms. The molecule has 0 aliphatic rings. The second kappa shape index (κ2) is 2.58. The molecule has 3 aromatic rings. The first kappa shape index (κ1) is 7.56. The average Bonchev–Trinajstić information content (AvgIpc) is 2.59. The quantitative estimate of drug-likeness (QED) is 0.534. The second-order valence-electron chi connectivity index (χ2n) is 3.37. The van der Waals surface area contributed by atoms with Gasteiger partial charge in [-0.25, -0.2) is 0 Å². The summed E-state index contributed by atoms with van der Waals surface area (Å²) < 4.78 is 5.72. The van der Waals surface area contributed by atoms with E-state index in [0.717, 1.165) is 27.6 Å². The van der Waals surface area contributed by atoms with Crippen LogP contribution < -0.4 is 0 Å². The molecular formula is C12H9NO. The van der Waals surface area contributed by atoms with Crippen molar-refractivity contribution in [3.05, 3.63) is 42.2 Å². The Morgan fingerprint density at radius 1 is 1.07 bits per heavy atom. The maximum Gasteiger partial charge on any atom is 0.156 e. The fraction of sp³-hybridized carbons (Fsp3) is 0.0833. The Labute approximate surface area is 81.2 Å². The van der Waals surface area contributed by atoms with Crippen LogP contribution in [0.2, 0.25) is 0 Å². The van der Waals surface area contributed by atoms with Gasteiger partial charge in [0.15, 0.2) is 5.58 Å². The van der Waals surface area contributed by atoms with E-state index < -0.39 is 0 Å². The zero-order chi connectivity index (χ0) is 9.54. The molecule has 0 radical (unpaired) electrons. The molecule has 0 bridgehead atoms. The smallest absolute Gasteiger partial charge is 0.156 e. The summed E-state index contributed by atoms with van der Waals surface area (Å²) in [7, 11) is 0. The summed E-state index contributed by atoms with van der Waals surface area (Å²) in [5, 5.41) is 2.31. The predicted molar refractivity (Wildman–Crippen MR) is 56.3 cm³/mol. The van der Waals surface area contributed by atoms with Crippen molar-refractivity contribution in [2.75, 3.05) is 0 Å². The maximum absolute atomic E-state index is 5.72. The lowest BCUT2D eigenvalue weighted by atomic mass is 10.2. The van der Waals surface area contributed by atoms with Crippen LogP contribution in [0.1, 0.15) is 5.69 Å². The summed E-state index contributed by atoms with van der Waals surface area (Å²) in [5.41, 5.74) is 2.77. The Hall–Kier alpha value is -1.83. The van der Waals surface area contributed by atoms with E-state index >= 15 is 0 Å². The fourth-order valence-electron chi connectivity index (χ4n) is 1.78. The van der Waals surface area contributed by atoms with Crippen LogP contribution in [0.15, 0.2) is 40.9 Å². The summed E-state index contributed by atoms with van der Waals surface area (Å²) in [6, 6.07) is 10.0. The molecule has 68 valence electrons. The molecule has 3 rings (SSSR count). The number of hydrogen-bond acceptors (Lipinski definition) is 2. The number of rotatable bonds is 0. The van der Waals surface area contributed by atoms with Crippen LogP contribution in [0.3, 0.4) is 0 Å². The number of pyridine rings is 1. The van der Waals surface area contributed by atoms with E-state index in [1.807, 2.05) is 37.4 Å². The third-order valence-electron chi connectivity index (χ3n) is 2.47. The highest BCUT2D eigenvalue weighted by atomic mass is 16.3. The Morgan fingerprint density at radius 2 is 1.93 bits per heavy atom. The van der Waals surface area contributed by atoms with Gasteiger partial charge in [0.25, 0.3) is 0 Å². The van der Waals surface area contributed by atoms with E-state index in [0.29, 0.717) is 0 Å². The standard InChI is InChI=1S/C12H9NO/c1-8-12-10(6-7-13-8)9-4-2-3-5-11(9)14-12/h2-7H,1H3. The Morgan fingerprint density at radius 3 is 2.86 bits per heavy atom. The second-order valence-corrected chi connectivity index (χ2v) is 3.37. The third kappa shape index (κ3) is 0.880. The highest BCUT2D eigenvalue weighted by Gasteiger charge is 2.07. The monoisotopic (exact) mass is 183 g/mol.